The summed E-state index contributed by atoms with van der Waals surface area (Å²) < 4.78 is 46.7. The summed E-state index contributed by atoms with van der Waals surface area (Å²) in [6.45, 7) is -1.54. The van der Waals surface area contributed by atoms with Crippen LogP contribution in [-0.4, -0.2) is 33.9 Å². The summed E-state index contributed by atoms with van der Waals surface area (Å²) in [5.74, 6) is -0.815. The van der Waals surface area contributed by atoms with E-state index < -0.39 is 24.6 Å². The van der Waals surface area contributed by atoms with Crippen LogP contribution < -0.4 is 10.1 Å². The number of carbonyl (C=O) groups excluding carboxylic acids is 1. The molecule has 1 aromatic carbocycles. The number of anilines is 1. The van der Waals surface area contributed by atoms with Crippen molar-refractivity contribution in [3.8, 4) is 17.3 Å². The van der Waals surface area contributed by atoms with Gasteiger partial charge in [-0.1, -0.05) is 6.07 Å². The molecule has 0 aliphatic heterocycles. The molecule has 0 fully saturated rings. The van der Waals surface area contributed by atoms with Gasteiger partial charge in [-0.25, -0.2) is 4.98 Å². The third kappa shape index (κ3) is 4.35. The van der Waals surface area contributed by atoms with Crippen molar-refractivity contribution in [2.24, 2.45) is 0 Å². The van der Waals surface area contributed by atoms with Crippen molar-refractivity contribution in [1.29, 1.82) is 0 Å². The second-order valence-corrected chi connectivity index (χ2v) is 5.04. The highest BCUT2D eigenvalue weighted by Gasteiger charge is 2.29. The van der Waals surface area contributed by atoms with E-state index in [0.29, 0.717) is 11.3 Å². The number of hydrogen-bond acceptors (Lipinski definition) is 6. The molecule has 134 valence electrons. The molecular weight excluding hydrogens is 353 g/mol. The predicted molar refractivity (Wildman–Crippen MR) is 83.5 cm³/mol. The largest absolute Gasteiger partial charge is 0.467 e. The van der Waals surface area contributed by atoms with Crippen molar-refractivity contribution in [3.63, 3.8) is 0 Å². The van der Waals surface area contributed by atoms with Crippen molar-refractivity contribution in [2.45, 2.75) is 6.18 Å². The number of rotatable bonds is 5. The van der Waals surface area contributed by atoms with Crippen LogP contribution in [0.15, 0.2) is 53.4 Å². The molecule has 3 aromatic rings. The number of alkyl halides is 3. The molecule has 0 spiro atoms. The fourth-order valence-corrected chi connectivity index (χ4v) is 2.06. The van der Waals surface area contributed by atoms with Crippen molar-refractivity contribution < 1.29 is 27.1 Å². The molecule has 1 amide bonds. The predicted octanol–water partition coefficient (Wildman–Crippen LogP) is 3.33. The smallest absolute Gasteiger partial charge is 0.422 e. The van der Waals surface area contributed by atoms with Gasteiger partial charge in [-0.3, -0.25) is 4.79 Å². The Balaban J connectivity index is 1.78. The van der Waals surface area contributed by atoms with Gasteiger partial charge in [0.25, 0.3) is 5.91 Å². The van der Waals surface area contributed by atoms with Gasteiger partial charge in [0, 0.05) is 17.4 Å². The number of carbonyl (C=O) groups is 1. The third-order valence-corrected chi connectivity index (χ3v) is 3.12. The van der Waals surface area contributed by atoms with Gasteiger partial charge in [-0.2, -0.15) is 13.2 Å². The van der Waals surface area contributed by atoms with E-state index in [4.69, 9.17) is 4.42 Å². The number of amides is 1. The summed E-state index contributed by atoms with van der Waals surface area (Å²) in [5.41, 5.74) is 0.830. The Morgan fingerprint density at radius 1 is 1.23 bits per heavy atom. The first-order valence-corrected chi connectivity index (χ1v) is 7.25. The van der Waals surface area contributed by atoms with E-state index in [1.54, 1.807) is 24.3 Å². The van der Waals surface area contributed by atoms with E-state index >= 15 is 0 Å². The minimum absolute atomic E-state index is 0.125. The summed E-state index contributed by atoms with van der Waals surface area (Å²) in [6.07, 6.45) is -2.14. The van der Waals surface area contributed by atoms with Gasteiger partial charge in [0.1, 0.15) is 5.56 Å². The maximum Gasteiger partial charge on any atom is 0.422 e. The first-order chi connectivity index (χ1) is 12.4. The highest BCUT2D eigenvalue weighted by Crippen LogP contribution is 2.23. The number of aromatic nitrogens is 3. The lowest BCUT2D eigenvalue weighted by atomic mass is 10.2. The van der Waals surface area contributed by atoms with Gasteiger partial charge in [0.2, 0.25) is 18.2 Å². The molecule has 7 nitrogen and oxygen atoms in total. The molecule has 0 aliphatic rings. The highest BCUT2D eigenvalue weighted by atomic mass is 19.4. The molecule has 3 rings (SSSR count). The maximum absolute atomic E-state index is 12.4. The summed E-state index contributed by atoms with van der Waals surface area (Å²) in [5, 5.41) is 9.90. The number of nitrogens with one attached hydrogen (secondary N) is 1. The van der Waals surface area contributed by atoms with Crippen LogP contribution in [0.4, 0.5) is 18.9 Å². The van der Waals surface area contributed by atoms with Crippen molar-refractivity contribution in [3.05, 3.63) is 54.6 Å². The van der Waals surface area contributed by atoms with Crippen LogP contribution in [0, 0.1) is 0 Å². The zero-order valence-corrected chi connectivity index (χ0v) is 13.0. The zero-order valence-electron chi connectivity index (χ0n) is 13.0. The Kier molecular flexibility index (Phi) is 4.83. The van der Waals surface area contributed by atoms with E-state index in [0.717, 1.165) is 0 Å². The average Bonchev–Trinajstić information content (AvgIpc) is 3.14. The first-order valence-electron chi connectivity index (χ1n) is 7.25. The van der Waals surface area contributed by atoms with Crippen molar-refractivity contribution >= 4 is 11.6 Å². The van der Waals surface area contributed by atoms with E-state index in [9.17, 15) is 18.0 Å². The van der Waals surface area contributed by atoms with Crippen LogP contribution in [0.3, 0.4) is 0 Å². The van der Waals surface area contributed by atoms with Crippen LogP contribution in [-0.2, 0) is 0 Å². The third-order valence-electron chi connectivity index (χ3n) is 3.12. The summed E-state index contributed by atoms with van der Waals surface area (Å²) >= 11 is 0. The molecule has 10 heteroatoms. The topological polar surface area (TPSA) is 90.1 Å². The molecule has 0 atom stereocenters. The normalized spacial score (nSPS) is 11.2. The average molecular weight is 364 g/mol. The van der Waals surface area contributed by atoms with E-state index in [1.165, 1.54) is 24.7 Å². The number of benzene rings is 1. The van der Waals surface area contributed by atoms with Gasteiger partial charge in [0.05, 0.1) is 0 Å². The molecule has 0 aliphatic carbocycles. The van der Waals surface area contributed by atoms with E-state index in [1.807, 2.05) is 0 Å². The molecular formula is C16H11F3N4O3. The van der Waals surface area contributed by atoms with Crippen LogP contribution >= 0.6 is 0 Å². The quantitative estimate of drug-likeness (QED) is 0.747. The second-order valence-electron chi connectivity index (χ2n) is 5.04. The van der Waals surface area contributed by atoms with Crippen LogP contribution in [0.1, 0.15) is 10.4 Å². The monoisotopic (exact) mass is 364 g/mol. The zero-order chi connectivity index (χ0) is 18.6. The van der Waals surface area contributed by atoms with Crippen molar-refractivity contribution in [1.82, 2.24) is 15.2 Å². The first kappa shape index (κ1) is 17.4. The number of hydrogen-bond donors (Lipinski definition) is 1. The van der Waals surface area contributed by atoms with Crippen LogP contribution in [0.2, 0.25) is 0 Å². The molecule has 0 saturated carbocycles. The standard InChI is InChI=1S/C16H11F3N4O3/c17-16(18,19)8-25-15-12(5-2-6-20-15)13(24)22-11-4-1-3-10(7-11)14-23-21-9-26-14/h1-7,9H,8H2,(H,22,24). The molecule has 0 radical (unpaired) electrons. The minimum atomic E-state index is -4.54. The Morgan fingerprint density at radius 2 is 2.08 bits per heavy atom. The number of nitrogens with zero attached hydrogens (tertiary/aromatic N) is 3. The number of pyridine rings is 1. The summed E-state index contributed by atoms with van der Waals surface area (Å²) in [7, 11) is 0. The Bertz CT molecular complexity index is 898. The summed E-state index contributed by atoms with van der Waals surface area (Å²) in [6, 6.07) is 9.27. The van der Waals surface area contributed by atoms with Crippen molar-refractivity contribution in [2.75, 3.05) is 11.9 Å². The van der Waals surface area contributed by atoms with E-state index in [-0.39, 0.29) is 11.5 Å². The highest BCUT2D eigenvalue weighted by molar-refractivity contribution is 6.06. The van der Waals surface area contributed by atoms with Gasteiger partial charge >= 0.3 is 6.18 Å². The number of halogens is 3. The molecule has 0 saturated heterocycles. The SMILES string of the molecule is O=C(Nc1cccc(-c2nnco2)c1)c1cccnc1OCC(F)(F)F. The fourth-order valence-electron chi connectivity index (χ4n) is 2.06. The summed E-state index contributed by atoms with van der Waals surface area (Å²) in [4.78, 5) is 16.1. The molecule has 0 bridgehead atoms. The fraction of sp³-hybridized carbons (Fsp3) is 0.125. The number of ether oxygens (including phenoxy) is 1. The molecule has 0 unspecified atom stereocenters. The van der Waals surface area contributed by atoms with Crippen LogP contribution in [0.5, 0.6) is 5.88 Å². The Hall–Kier alpha value is -3.43. The molecule has 2 heterocycles. The lowest BCUT2D eigenvalue weighted by Crippen LogP contribution is -2.22. The van der Waals surface area contributed by atoms with Gasteiger partial charge in [-0.15, -0.1) is 10.2 Å². The maximum atomic E-state index is 12.4. The Labute approximate surface area is 144 Å². The van der Waals surface area contributed by atoms with Crippen LogP contribution in [0.25, 0.3) is 11.5 Å². The molecule has 2 aromatic heterocycles. The molecule has 26 heavy (non-hydrogen) atoms. The minimum Gasteiger partial charge on any atom is -0.467 e. The van der Waals surface area contributed by atoms with E-state index in [2.05, 4.69) is 25.2 Å². The van der Waals surface area contributed by atoms with Gasteiger partial charge < -0.3 is 14.5 Å². The van der Waals surface area contributed by atoms with Gasteiger partial charge in [-0.05, 0) is 30.3 Å². The molecule has 1 N–H and O–H groups in total. The lowest BCUT2D eigenvalue weighted by molar-refractivity contribution is -0.154. The second kappa shape index (κ2) is 7.21. The lowest BCUT2D eigenvalue weighted by Gasteiger charge is -2.12. The Morgan fingerprint density at radius 3 is 2.81 bits per heavy atom. The van der Waals surface area contributed by atoms with Gasteiger partial charge in [0.15, 0.2) is 6.61 Å².